The first-order valence-electron chi connectivity index (χ1n) is 6.38. The summed E-state index contributed by atoms with van der Waals surface area (Å²) in [6, 6.07) is 6.91. The summed E-state index contributed by atoms with van der Waals surface area (Å²) in [5.41, 5.74) is 0. The second-order valence-electron chi connectivity index (χ2n) is 4.59. The molecule has 0 amide bonds. The molecular formula is C13H18ClNO3S. The van der Waals surface area contributed by atoms with E-state index in [0.29, 0.717) is 12.6 Å². The van der Waals surface area contributed by atoms with Gasteiger partial charge in [-0.25, -0.2) is 8.42 Å². The van der Waals surface area contributed by atoms with Crippen molar-refractivity contribution in [1.82, 2.24) is 5.32 Å². The van der Waals surface area contributed by atoms with Crippen LogP contribution in [-0.2, 0) is 14.6 Å². The minimum absolute atomic E-state index is 0.0636. The number of ether oxygens (including phenoxy) is 1. The number of hydrogen-bond donors (Lipinski definition) is 1. The van der Waals surface area contributed by atoms with E-state index in [-0.39, 0.29) is 15.7 Å². The molecule has 2 rings (SSSR count). The third-order valence-corrected chi connectivity index (χ3v) is 5.41. The minimum atomic E-state index is -3.32. The van der Waals surface area contributed by atoms with E-state index < -0.39 is 9.84 Å². The Bertz CT molecular complexity index is 512. The first-order valence-corrected chi connectivity index (χ1v) is 8.41. The summed E-state index contributed by atoms with van der Waals surface area (Å²) in [6.45, 7) is 1.93. The van der Waals surface area contributed by atoms with Crippen LogP contribution in [0.4, 0.5) is 0 Å². The van der Waals surface area contributed by atoms with Crippen molar-refractivity contribution in [3.05, 3.63) is 29.3 Å². The van der Waals surface area contributed by atoms with Crippen molar-refractivity contribution in [1.29, 1.82) is 0 Å². The monoisotopic (exact) mass is 303 g/mol. The Morgan fingerprint density at radius 3 is 2.63 bits per heavy atom. The van der Waals surface area contributed by atoms with Crippen LogP contribution < -0.4 is 5.32 Å². The van der Waals surface area contributed by atoms with Gasteiger partial charge in [-0.1, -0.05) is 23.7 Å². The normalized spacial score (nSPS) is 17.5. The van der Waals surface area contributed by atoms with Crippen molar-refractivity contribution in [2.24, 2.45) is 0 Å². The highest BCUT2D eigenvalue weighted by atomic mass is 35.5. The van der Waals surface area contributed by atoms with Gasteiger partial charge in [-0.2, -0.15) is 0 Å². The number of sulfone groups is 1. The lowest BCUT2D eigenvalue weighted by Crippen LogP contribution is -2.37. The minimum Gasteiger partial charge on any atom is -0.381 e. The number of halogens is 1. The van der Waals surface area contributed by atoms with Crippen molar-refractivity contribution >= 4 is 21.4 Å². The summed E-state index contributed by atoms with van der Waals surface area (Å²) in [5.74, 6) is 0.0636. The van der Waals surface area contributed by atoms with Crippen LogP contribution in [-0.4, -0.2) is 40.0 Å². The molecule has 4 nitrogen and oxygen atoms in total. The van der Waals surface area contributed by atoms with E-state index >= 15 is 0 Å². The van der Waals surface area contributed by atoms with Crippen LogP contribution >= 0.6 is 11.6 Å². The fourth-order valence-corrected chi connectivity index (χ4v) is 3.85. The Morgan fingerprint density at radius 1 is 1.26 bits per heavy atom. The molecular weight excluding hydrogens is 286 g/mol. The second kappa shape index (κ2) is 6.70. The smallest absolute Gasteiger partial charge is 0.181 e. The van der Waals surface area contributed by atoms with Gasteiger partial charge in [0.1, 0.15) is 0 Å². The number of nitrogens with one attached hydrogen (secondary N) is 1. The van der Waals surface area contributed by atoms with Gasteiger partial charge in [-0.15, -0.1) is 0 Å². The lowest BCUT2D eigenvalue weighted by atomic mass is 10.1. The van der Waals surface area contributed by atoms with Crippen LogP contribution in [0.15, 0.2) is 29.2 Å². The average molecular weight is 304 g/mol. The molecule has 1 N–H and O–H groups in total. The van der Waals surface area contributed by atoms with E-state index in [4.69, 9.17) is 16.3 Å². The molecule has 1 saturated heterocycles. The summed E-state index contributed by atoms with van der Waals surface area (Å²) >= 11 is 5.92. The Hall–Kier alpha value is -0.620. The molecule has 1 heterocycles. The number of rotatable bonds is 5. The van der Waals surface area contributed by atoms with Crippen molar-refractivity contribution in [2.75, 3.05) is 25.5 Å². The van der Waals surface area contributed by atoms with Gasteiger partial charge < -0.3 is 10.1 Å². The van der Waals surface area contributed by atoms with Crippen molar-refractivity contribution < 1.29 is 13.2 Å². The Balaban J connectivity index is 1.89. The van der Waals surface area contributed by atoms with Gasteiger partial charge in [0.15, 0.2) is 9.84 Å². The molecule has 0 atom stereocenters. The molecule has 1 fully saturated rings. The topological polar surface area (TPSA) is 55.4 Å². The largest absolute Gasteiger partial charge is 0.381 e. The van der Waals surface area contributed by atoms with E-state index in [1.807, 2.05) is 0 Å². The fraction of sp³-hybridized carbons (Fsp3) is 0.538. The van der Waals surface area contributed by atoms with Gasteiger partial charge in [0, 0.05) is 25.8 Å². The van der Waals surface area contributed by atoms with Crippen LogP contribution in [0.5, 0.6) is 0 Å². The molecule has 6 heteroatoms. The maximum Gasteiger partial charge on any atom is 0.181 e. The highest BCUT2D eigenvalue weighted by Crippen LogP contribution is 2.21. The van der Waals surface area contributed by atoms with Crippen molar-refractivity contribution in [3.8, 4) is 0 Å². The Labute approximate surface area is 119 Å². The van der Waals surface area contributed by atoms with E-state index in [2.05, 4.69) is 5.32 Å². The number of benzene rings is 1. The first kappa shape index (κ1) is 14.8. The molecule has 0 unspecified atom stereocenters. The van der Waals surface area contributed by atoms with Gasteiger partial charge in [0.2, 0.25) is 0 Å². The van der Waals surface area contributed by atoms with E-state index in [1.54, 1.807) is 24.3 Å². The highest BCUT2D eigenvalue weighted by molar-refractivity contribution is 7.91. The van der Waals surface area contributed by atoms with Crippen LogP contribution in [0.1, 0.15) is 12.8 Å². The predicted molar refractivity (Wildman–Crippen MR) is 75.3 cm³/mol. The fourth-order valence-electron chi connectivity index (χ4n) is 2.11. The SMILES string of the molecule is O=S(=O)(CCNC1CCOCC1)c1ccccc1Cl. The molecule has 1 aliphatic heterocycles. The van der Waals surface area contributed by atoms with Gasteiger partial charge in [-0.05, 0) is 25.0 Å². The van der Waals surface area contributed by atoms with Crippen LogP contribution in [0.3, 0.4) is 0 Å². The summed E-state index contributed by atoms with van der Waals surface area (Å²) < 4.78 is 29.5. The quantitative estimate of drug-likeness (QED) is 0.902. The summed E-state index contributed by atoms with van der Waals surface area (Å²) in [6.07, 6.45) is 1.87. The number of hydrogen-bond acceptors (Lipinski definition) is 4. The van der Waals surface area contributed by atoms with Gasteiger partial charge in [-0.3, -0.25) is 0 Å². The molecule has 0 radical (unpaired) electrons. The summed E-state index contributed by atoms with van der Waals surface area (Å²) in [7, 11) is -3.32. The van der Waals surface area contributed by atoms with Crippen molar-refractivity contribution in [2.45, 2.75) is 23.8 Å². The molecule has 0 spiro atoms. The molecule has 0 aliphatic carbocycles. The molecule has 106 valence electrons. The van der Waals surface area contributed by atoms with E-state index in [1.165, 1.54) is 0 Å². The maximum absolute atomic E-state index is 12.1. The Kier molecular flexibility index (Phi) is 5.21. The van der Waals surface area contributed by atoms with Gasteiger partial charge in [0.25, 0.3) is 0 Å². The third-order valence-electron chi connectivity index (χ3n) is 3.20. The van der Waals surface area contributed by atoms with E-state index in [9.17, 15) is 8.42 Å². The maximum atomic E-state index is 12.1. The second-order valence-corrected chi connectivity index (χ2v) is 7.07. The first-order chi connectivity index (χ1) is 9.09. The molecule has 1 aliphatic rings. The summed E-state index contributed by atoms with van der Waals surface area (Å²) in [4.78, 5) is 0.213. The molecule has 0 aromatic heterocycles. The molecule has 0 bridgehead atoms. The molecule has 19 heavy (non-hydrogen) atoms. The summed E-state index contributed by atoms with van der Waals surface area (Å²) in [5, 5.41) is 3.55. The zero-order valence-corrected chi connectivity index (χ0v) is 12.2. The average Bonchev–Trinajstić information content (AvgIpc) is 2.40. The van der Waals surface area contributed by atoms with Crippen molar-refractivity contribution in [3.63, 3.8) is 0 Å². The standard InChI is InChI=1S/C13H18ClNO3S/c14-12-3-1-2-4-13(12)19(16,17)10-7-15-11-5-8-18-9-6-11/h1-4,11,15H,5-10H2. The molecule has 1 aromatic carbocycles. The third kappa shape index (κ3) is 4.18. The lowest BCUT2D eigenvalue weighted by molar-refractivity contribution is 0.0785. The van der Waals surface area contributed by atoms with Gasteiger partial charge >= 0.3 is 0 Å². The predicted octanol–water partition coefficient (Wildman–Crippen LogP) is 1.88. The van der Waals surface area contributed by atoms with Gasteiger partial charge in [0.05, 0.1) is 15.7 Å². The van der Waals surface area contributed by atoms with Crippen LogP contribution in [0.2, 0.25) is 5.02 Å². The Morgan fingerprint density at radius 2 is 1.95 bits per heavy atom. The lowest BCUT2D eigenvalue weighted by Gasteiger charge is -2.23. The molecule has 0 saturated carbocycles. The molecule has 1 aromatic rings. The van der Waals surface area contributed by atoms with Crippen LogP contribution in [0.25, 0.3) is 0 Å². The highest BCUT2D eigenvalue weighted by Gasteiger charge is 2.19. The zero-order valence-electron chi connectivity index (χ0n) is 10.6. The van der Waals surface area contributed by atoms with E-state index in [0.717, 1.165) is 26.1 Å². The van der Waals surface area contributed by atoms with Crippen LogP contribution in [0, 0.1) is 0 Å². The zero-order chi connectivity index (χ0) is 13.7.